The minimum atomic E-state index is -3.52. The number of thioether (sulfide) groups is 1. The Morgan fingerprint density at radius 1 is 1.27 bits per heavy atom. The van der Waals surface area contributed by atoms with Crippen molar-refractivity contribution in [3.8, 4) is 0 Å². The molecule has 2 heterocycles. The molecule has 0 saturated heterocycles. The third-order valence-corrected chi connectivity index (χ3v) is 6.92. The van der Waals surface area contributed by atoms with E-state index in [2.05, 4.69) is 20.5 Å². The summed E-state index contributed by atoms with van der Waals surface area (Å²) in [7, 11) is -3.52. The molecule has 0 aliphatic carbocycles. The monoisotopic (exact) mass is 466 g/mol. The number of rotatable bonds is 9. The maximum atomic E-state index is 12.4. The molecule has 0 fully saturated rings. The Balaban J connectivity index is 1.75. The van der Waals surface area contributed by atoms with Gasteiger partial charge in [-0.2, -0.15) is 0 Å². The first-order valence-electron chi connectivity index (χ1n) is 9.06. The van der Waals surface area contributed by atoms with Gasteiger partial charge in [0.15, 0.2) is 16.1 Å². The van der Waals surface area contributed by atoms with Crippen LogP contribution in [0.2, 0.25) is 0 Å². The summed E-state index contributed by atoms with van der Waals surface area (Å²) in [6, 6.07) is 7.25. The molecular formula is C18H22N6O3S3. The van der Waals surface area contributed by atoms with Crippen molar-refractivity contribution in [3.05, 3.63) is 47.2 Å². The van der Waals surface area contributed by atoms with Crippen molar-refractivity contribution in [2.75, 3.05) is 21.6 Å². The van der Waals surface area contributed by atoms with Crippen molar-refractivity contribution in [1.82, 2.24) is 19.7 Å². The van der Waals surface area contributed by atoms with Crippen LogP contribution in [0.3, 0.4) is 0 Å². The number of aryl methyl sites for hydroxylation is 1. The average Bonchev–Trinajstić information content (AvgIpc) is 3.33. The van der Waals surface area contributed by atoms with Crippen LogP contribution in [0.5, 0.6) is 0 Å². The zero-order chi connectivity index (χ0) is 21.7. The van der Waals surface area contributed by atoms with Gasteiger partial charge in [-0.15, -0.1) is 21.5 Å². The normalized spacial score (nSPS) is 11.4. The number of hydrogen-bond donors (Lipinski definition) is 1. The van der Waals surface area contributed by atoms with Gasteiger partial charge in [0, 0.05) is 18.1 Å². The van der Waals surface area contributed by atoms with Crippen molar-refractivity contribution in [3.63, 3.8) is 0 Å². The van der Waals surface area contributed by atoms with Crippen LogP contribution < -0.4 is 9.62 Å². The first kappa shape index (κ1) is 22.2. The van der Waals surface area contributed by atoms with Crippen molar-refractivity contribution in [2.45, 2.75) is 32.1 Å². The lowest BCUT2D eigenvalue weighted by atomic mass is 10.2. The van der Waals surface area contributed by atoms with Gasteiger partial charge in [-0.05, 0) is 26.0 Å². The molecule has 0 saturated carbocycles. The van der Waals surface area contributed by atoms with Crippen molar-refractivity contribution in [2.24, 2.45) is 0 Å². The number of thiazole rings is 1. The molecule has 0 unspecified atom stereocenters. The van der Waals surface area contributed by atoms with Crippen LogP contribution in [0.4, 0.5) is 10.8 Å². The fourth-order valence-electron chi connectivity index (χ4n) is 2.67. The van der Waals surface area contributed by atoms with Crippen LogP contribution in [0, 0.1) is 6.92 Å². The average molecular weight is 467 g/mol. The molecular weight excluding hydrogens is 444 g/mol. The maximum absolute atomic E-state index is 12.4. The Hall–Kier alpha value is -2.44. The Morgan fingerprint density at radius 3 is 2.60 bits per heavy atom. The number of carbonyl (C=O) groups excluding carboxylic acids is 1. The molecule has 3 rings (SSSR count). The first-order chi connectivity index (χ1) is 14.3. The van der Waals surface area contributed by atoms with E-state index in [0.717, 1.165) is 11.8 Å². The molecule has 2 aromatic heterocycles. The summed E-state index contributed by atoms with van der Waals surface area (Å²) in [4.78, 5) is 16.1. The largest absolute Gasteiger partial charge is 0.305 e. The summed E-state index contributed by atoms with van der Waals surface area (Å²) < 4.78 is 27.9. The van der Waals surface area contributed by atoms with E-state index in [1.165, 1.54) is 27.4 Å². The van der Waals surface area contributed by atoms with Crippen LogP contribution in [0.15, 0.2) is 41.0 Å². The lowest BCUT2D eigenvalue weighted by Crippen LogP contribution is -2.30. The van der Waals surface area contributed by atoms with Gasteiger partial charge < -0.3 is 9.88 Å². The van der Waals surface area contributed by atoms with E-state index in [1.54, 1.807) is 23.7 Å². The Bertz CT molecular complexity index is 1090. The fourth-order valence-corrected chi connectivity index (χ4v) is 4.89. The molecule has 1 aromatic carbocycles. The summed E-state index contributed by atoms with van der Waals surface area (Å²) in [5.74, 6) is 0.455. The predicted molar refractivity (Wildman–Crippen MR) is 119 cm³/mol. The number of nitrogens with one attached hydrogen (secondary N) is 1. The number of anilines is 2. The molecule has 1 amide bonds. The van der Waals surface area contributed by atoms with Gasteiger partial charge in [-0.1, -0.05) is 29.5 Å². The third-order valence-electron chi connectivity index (χ3n) is 4.13. The zero-order valence-corrected chi connectivity index (χ0v) is 19.2. The summed E-state index contributed by atoms with van der Waals surface area (Å²) >= 11 is 2.59. The lowest BCUT2D eigenvalue weighted by molar-refractivity contribution is -0.113. The van der Waals surface area contributed by atoms with Crippen LogP contribution in [-0.4, -0.2) is 46.1 Å². The Labute approximate surface area is 183 Å². The van der Waals surface area contributed by atoms with Gasteiger partial charge in [0.25, 0.3) is 0 Å². The van der Waals surface area contributed by atoms with Gasteiger partial charge in [-0.25, -0.2) is 13.4 Å². The topological polar surface area (TPSA) is 110 Å². The molecule has 0 atom stereocenters. The Morgan fingerprint density at radius 2 is 2.00 bits per heavy atom. The summed E-state index contributed by atoms with van der Waals surface area (Å²) in [5.41, 5.74) is 1.60. The second-order valence-corrected chi connectivity index (χ2v) is 10.2. The molecule has 3 aromatic rings. The standard InChI is InChI=1S/C18H22N6O3S3/c1-4-23-15(11-24(30(3,26)27)14-7-5-13(2)6-8-14)21-22-18(23)29-12-16(25)20-17-19-9-10-28-17/h5-10H,4,11-12H2,1-3H3,(H,19,20,25). The van der Waals surface area contributed by atoms with Gasteiger partial charge in [-0.3, -0.25) is 9.10 Å². The van der Waals surface area contributed by atoms with Gasteiger partial charge in [0.2, 0.25) is 15.9 Å². The highest BCUT2D eigenvalue weighted by Gasteiger charge is 2.22. The number of hydrogen-bond acceptors (Lipinski definition) is 8. The molecule has 160 valence electrons. The van der Waals surface area contributed by atoms with Crippen molar-refractivity contribution >= 4 is 49.8 Å². The maximum Gasteiger partial charge on any atom is 0.236 e. The second-order valence-electron chi connectivity index (χ2n) is 6.42. The van der Waals surface area contributed by atoms with E-state index < -0.39 is 10.0 Å². The molecule has 30 heavy (non-hydrogen) atoms. The van der Waals surface area contributed by atoms with Gasteiger partial charge in [0.1, 0.15) is 0 Å². The number of amides is 1. The highest BCUT2D eigenvalue weighted by molar-refractivity contribution is 7.99. The zero-order valence-electron chi connectivity index (χ0n) is 16.8. The van der Waals surface area contributed by atoms with E-state index in [1.807, 2.05) is 30.5 Å². The minimum absolute atomic E-state index is 0.0502. The van der Waals surface area contributed by atoms with Gasteiger partial charge >= 0.3 is 0 Å². The van der Waals surface area contributed by atoms with Crippen LogP contribution in [0.25, 0.3) is 0 Å². The van der Waals surface area contributed by atoms with E-state index >= 15 is 0 Å². The smallest absolute Gasteiger partial charge is 0.236 e. The molecule has 0 aliphatic rings. The van der Waals surface area contributed by atoms with Crippen molar-refractivity contribution in [1.29, 1.82) is 0 Å². The number of aromatic nitrogens is 4. The number of carbonyl (C=O) groups is 1. The first-order valence-corrected chi connectivity index (χ1v) is 12.8. The third kappa shape index (κ3) is 5.58. The minimum Gasteiger partial charge on any atom is -0.305 e. The van der Waals surface area contributed by atoms with Crippen molar-refractivity contribution < 1.29 is 13.2 Å². The number of benzene rings is 1. The number of nitrogens with zero attached hydrogens (tertiary/aromatic N) is 5. The SMILES string of the molecule is CCn1c(CN(c2ccc(C)cc2)S(C)(=O)=O)nnc1SCC(=O)Nc1nccs1. The second kappa shape index (κ2) is 9.58. The van der Waals surface area contributed by atoms with Crippen LogP contribution in [0.1, 0.15) is 18.3 Å². The molecule has 0 radical (unpaired) electrons. The number of sulfonamides is 1. The molecule has 0 spiro atoms. The molecule has 1 N–H and O–H groups in total. The quantitative estimate of drug-likeness (QED) is 0.483. The van der Waals surface area contributed by atoms with E-state index in [4.69, 9.17) is 0 Å². The van der Waals surface area contributed by atoms with E-state index in [0.29, 0.717) is 28.3 Å². The summed E-state index contributed by atoms with van der Waals surface area (Å²) in [6.45, 7) is 4.46. The molecule has 0 bridgehead atoms. The van der Waals surface area contributed by atoms with E-state index in [9.17, 15) is 13.2 Å². The molecule has 0 aliphatic heterocycles. The highest BCUT2D eigenvalue weighted by atomic mass is 32.2. The van der Waals surface area contributed by atoms with Crippen LogP contribution >= 0.6 is 23.1 Å². The Kier molecular flexibility index (Phi) is 7.10. The molecule has 12 heteroatoms. The van der Waals surface area contributed by atoms with Crippen LogP contribution in [-0.2, 0) is 27.9 Å². The van der Waals surface area contributed by atoms with E-state index in [-0.39, 0.29) is 18.2 Å². The fraction of sp³-hybridized carbons (Fsp3) is 0.333. The highest BCUT2D eigenvalue weighted by Crippen LogP contribution is 2.23. The summed E-state index contributed by atoms with van der Waals surface area (Å²) in [5, 5.41) is 13.9. The van der Waals surface area contributed by atoms with Gasteiger partial charge in [0.05, 0.1) is 24.2 Å². The predicted octanol–water partition coefficient (Wildman–Crippen LogP) is 2.76. The molecule has 9 nitrogen and oxygen atoms in total. The lowest BCUT2D eigenvalue weighted by Gasteiger charge is -2.22. The summed E-state index contributed by atoms with van der Waals surface area (Å²) in [6.07, 6.45) is 2.78.